The van der Waals surface area contributed by atoms with Crippen LogP contribution in [0.2, 0.25) is 0 Å². The minimum atomic E-state index is -2.08. The lowest BCUT2D eigenvalue weighted by Gasteiger charge is -2.36. The lowest BCUT2D eigenvalue weighted by atomic mass is 9.94. The molecule has 2 bridgehead atoms. The molecule has 2 aromatic heterocycles. The summed E-state index contributed by atoms with van der Waals surface area (Å²) in [5.41, 5.74) is -1.12. The summed E-state index contributed by atoms with van der Waals surface area (Å²) in [6.07, 6.45) is 9.08. The predicted octanol–water partition coefficient (Wildman–Crippen LogP) is 2.37. The van der Waals surface area contributed by atoms with E-state index in [0.29, 0.717) is 36.1 Å². The van der Waals surface area contributed by atoms with Gasteiger partial charge in [-0.2, -0.15) is 9.97 Å². The first-order valence-corrected chi connectivity index (χ1v) is 15.4. The van der Waals surface area contributed by atoms with Crippen molar-refractivity contribution in [2.75, 3.05) is 31.1 Å². The number of phenols is 1. The second-order valence-corrected chi connectivity index (χ2v) is 13.0. The number of hydrogen-bond donors (Lipinski definition) is 5. The van der Waals surface area contributed by atoms with Crippen LogP contribution in [0.1, 0.15) is 37.7 Å². The van der Waals surface area contributed by atoms with Crippen LogP contribution in [0.15, 0.2) is 30.5 Å². The first kappa shape index (κ1) is 29.2. The van der Waals surface area contributed by atoms with Crippen LogP contribution in [0.4, 0.5) is 14.6 Å². The third-order valence-electron chi connectivity index (χ3n) is 10.0. The van der Waals surface area contributed by atoms with Crippen LogP contribution in [0.5, 0.6) is 11.8 Å². The van der Waals surface area contributed by atoms with Crippen molar-refractivity contribution in [3.63, 3.8) is 0 Å². The molecule has 4 saturated heterocycles. The van der Waals surface area contributed by atoms with Gasteiger partial charge in [-0.1, -0.05) is 12.0 Å². The molecule has 238 valence electrons. The molecule has 5 N–H and O–H groups in total. The number of ether oxygens (including phenoxy) is 1. The standard InChI is InChI=1S/C33H32F2N6O5/c1-2-22-25(34)6-3-17-9-20(42)10-23(26(17)22)28-27(35)29-24(12-36-28)30(40-13-18-4-5-19(14-40)37-18)39-31(38-29)46-16-32-7-8-33(44,45)41(32)15-21(43)11-32/h1,3,6,9-10,12,18-19,21,37,42-45H,4-5,7-8,11,13-16H2. The number of nitrogens with zero attached hydrogens (tertiary/aromatic N) is 5. The third kappa shape index (κ3) is 4.55. The number of aromatic nitrogens is 3. The van der Waals surface area contributed by atoms with Gasteiger partial charge in [0.2, 0.25) is 5.91 Å². The number of halogens is 2. The highest BCUT2D eigenvalue weighted by atomic mass is 19.1. The molecule has 2 aromatic carbocycles. The van der Waals surface area contributed by atoms with E-state index < -0.39 is 29.2 Å². The number of aromatic hydroxyl groups is 1. The number of hydrogen-bond acceptors (Lipinski definition) is 11. The Balaban J connectivity index is 1.27. The quantitative estimate of drug-likeness (QED) is 0.164. The minimum Gasteiger partial charge on any atom is -0.508 e. The summed E-state index contributed by atoms with van der Waals surface area (Å²) in [5, 5.41) is 46.6. The second kappa shape index (κ2) is 10.4. The summed E-state index contributed by atoms with van der Waals surface area (Å²) in [7, 11) is 0. The molecule has 4 aliphatic heterocycles. The van der Waals surface area contributed by atoms with Crippen molar-refractivity contribution in [2.24, 2.45) is 0 Å². The highest BCUT2D eigenvalue weighted by Gasteiger charge is 2.59. The van der Waals surface area contributed by atoms with Crippen molar-refractivity contribution >= 4 is 27.5 Å². The van der Waals surface area contributed by atoms with E-state index >= 15 is 4.39 Å². The Labute approximate surface area is 262 Å². The monoisotopic (exact) mass is 630 g/mol. The largest absolute Gasteiger partial charge is 0.508 e. The van der Waals surface area contributed by atoms with Crippen molar-refractivity contribution in [1.82, 2.24) is 25.2 Å². The summed E-state index contributed by atoms with van der Waals surface area (Å²) < 4.78 is 37.7. The van der Waals surface area contributed by atoms with Crippen molar-refractivity contribution in [3.8, 4) is 35.4 Å². The fourth-order valence-corrected chi connectivity index (χ4v) is 7.96. The lowest BCUT2D eigenvalue weighted by molar-refractivity contribution is -0.257. The average Bonchev–Trinajstić information content (AvgIpc) is 3.64. The normalized spacial score (nSPS) is 27.0. The van der Waals surface area contributed by atoms with Gasteiger partial charge in [-0.05, 0) is 49.3 Å². The molecule has 4 aromatic rings. The zero-order chi connectivity index (χ0) is 32.0. The molecule has 4 aliphatic rings. The van der Waals surface area contributed by atoms with E-state index in [2.05, 4.69) is 26.1 Å². The number of terminal acetylenes is 1. The Morgan fingerprint density at radius 1 is 1.09 bits per heavy atom. The summed E-state index contributed by atoms with van der Waals surface area (Å²) in [6.45, 7) is 1.28. The number of piperazine rings is 1. The van der Waals surface area contributed by atoms with Crippen molar-refractivity contribution in [1.29, 1.82) is 0 Å². The molecular weight excluding hydrogens is 598 g/mol. The molecule has 4 unspecified atom stereocenters. The summed E-state index contributed by atoms with van der Waals surface area (Å²) in [4.78, 5) is 17.2. The lowest BCUT2D eigenvalue weighted by Crippen LogP contribution is -2.53. The first-order valence-electron chi connectivity index (χ1n) is 15.4. The van der Waals surface area contributed by atoms with Gasteiger partial charge in [0, 0.05) is 55.3 Å². The van der Waals surface area contributed by atoms with Crippen molar-refractivity contribution in [3.05, 3.63) is 47.7 Å². The van der Waals surface area contributed by atoms with Gasteiger partial charge in [0.15, 0.2) is 5.82 Å². The van der Waals surface area contributed by atoms with Gasteiger partial charge in [0.25, 0.3) is 0 Å². The van der Waals surface area contributed by atoms with E-state index in [1.54, 1.807) is 0 Å². The van der Waals surface area contributed by atoms with E-state index in [9.17, 15) is 24.8 Å². The van der Waals surface area contributed by atoms with E-state index in [4.69, 9.17) is 16.1 Å². The Morgan fingerprint density at radius 2 is 1.87 bits per heavy atom. The van der Waals surface area contributed by atoms with Crippen LogP contribution in [0, 0.1) is 24.0 Å². The topological polar surface area (TPSA) is 147 Å². The number of β-amino-alcohol motifs (C(OH)–C–C–N with tert-alkyl or cyclic N) is 1. The summed E-state index contributed by atoms with van der Waals surface area (Å²) in [6, 6.07) is 5.73. The number of anilines is 1. The van der Waals surface area contributed by atoms with Gasteiger partial charge in [-0.3, -0.25) is 4.98 Å². The van der Waals surface area contributed by atoms with Gasteiger partial charge in [-0.15, -0.1) is 6.42 Å². The molecule has 13 heteroatoms. The van der Waals surface area contributed by atoms with Crippen molar-refractivity contribution < 1.29 is 33.9 Å². The molecule has 11 nitrogen and oxygen atoms in total. The van der Waals surface area contributed by atoms with Crippen LogP contribution >= 0.6 is 0 Å². The Kier molecular flexibility index (Phi) is 6.62. The molecule has 0 aliphatic carbocycles. The molecule has 0 radical (unpaired) electrons. The maximum atomic E-state index is 16.8. The van der Waals surface area contributed by atoms with Gasteiger partial charge in [0.05, 0.1) is 22.6 Å². The highest BCUT2D eigenvalue weighted by molar-refractivity contribution is 6.03. The molecule has 8 rings (SSSR count). The van der Waals surface area contributed by atoms with Gasteiger partial charge < -0.3 is 35.4 Å². The Bertz CT molecular complexity index is 1940. The molecule has 46 heavy (non-hydrogen) atoms. The third-order valence-corrected chi connectivity index (χ3v) is 10.0. The average molecular weight is 631 g/mol. The van der Waals surface area contributed by atoms with Gasteiger partial charge in [-0.25, -0.2) is 13.7 Å². The number of rotatable bonds is 5. The van der Waals surface area contributed by atoms with E-state index in [0.717, 1.165) is 12.8 Å². The molecule has 0 saturated carbocycles. The maximum absolute atomic E-state index is 16.8. The molecule has 6 heterocycles. The molecule has 4 atom stereocenters. The maximum Gasteiger partial charge on any atom is 0.319 e. The molecule has 0 amide bonds. The fourth-order valence-electron chi connectivity index (χ4n) is 7.96. The number of pyridine rings is 1. The van der Waals surface area contributed by atoms with Crippen LogP contribution in [-0.2, 0) is 0 Å². The Morgan fingerprint density at radius 3 is 2.63 bits per heavy atom. The van der Waals surface area contributed by atoms with Crippen LogP contribution in [0.25, 0.3) is 32.9 Å². The van der Waals surface area contributed by atoms with Gasteiger partial charge >= 0.3 is 6.01 Å². The SMILES string of the molecule is C#Cc1c(F)ccc2cc(O)cc(-c3ncc4c(N5CC6CCC(C5)N6)nc(OCC56CCC(O)(O)N5CC(O)C6)nc4c3F)c12. The number of nitrogens with one attached hydrogen (secondary N) is 1. The van der Waals surface area contributed by atoms with Crippen LogP contribution in [-0.4, -0.2) is 96.2 Å². The van der Waals surface area contributed by atoms with E-state index in [1.165, 1.54) is 35.4 Å². The number of aliphatic hydroxyl groups excluding tert-OH is 1. The first-order chi connectivity index (χ1) is 22.0. The number of benzene rings is 2. The summed E-state index contributed by atoms with van der Waals surface area (Å²) in [5.74, 6) is -0.957. The smallest absolute Gasteiger partial charge is 0.319 e. The fraction of sp³-hybridized carbons (Fsp3) is 0.424. The minimum absolute atomic E-state index is 0.0633. The molecule has 0 spiro atoms. The van der Waals surface area contributed by atoms with Gasteiger partial charge in [0.1, 0.15) is 35.2 Å². The predicted molar refractivity (Wildman–Crippen MR) is 164 cm³/mol. The second-order valence-electron chi connectivity index (χ2n) is 13.0. The summed E-state index contributed by atoms with van der Waals surface area (Å²) >= 11 is 0. The molecule has 4 fully saturated rings. The van der Waals surface area contributed by atoms with E-state index in [1.807, 2.05) is 0 Å². The highest BCUT2D eigenvalue weighted by Crippen LogP contribution is 2.46. The van der Waals surface area contributed by atoms with E-state index in [-0.39, 0.29) is 77.6 Å². The zero-order valence-electron chi connectivity index (χ0n) is 24.7. The number of phenolic OH excluding ortho intramolecular Hbond substituents is 1. The van der Waals surface area contributed by atoms with Crippen LogP contribution < -0.4 is 15.0 Å². The Hall–Kier alpha value is -4.19. The van der Waals surface area contributed by atoms with Crippen molar-refractivity contribution in [2.45, 2.75) is 61.7 Å². The zero-order valence-corrected chi connectivity index (χ0v) is 24.7. The number of aliphatic hydroxyl groups is 3. The molecular formula is C33H32F2N6O5. The van der Waals surface area contributed by atoms with Crippen LogP contribution in [0.3, 0.4) is 0 Å². The number of fused-ring (bicyclic) bond motifs is 5.